The Labute approximate surface area is 111 Å². The quantitative estimate of drug-likeness (QED) is 0.472. The summed E-state index contributed by atoms with van der Waals surface area (Å²) in [5.41, 5.74) is 7.11. The van der Waals surface area contributed by atoms with Gasteiger partial charge in [0.05, 0.1) is 35.2 Å². The van der Waals surface area contributed by atoms with E-state index < -0.39 is 5.97 Å². The van der Waals surface area contributed by atoms with E-state index in [9.17, 15) is 4.79 Å². The first-order chi connectivity index (χ1) is 8.61. The van der Waals surface area contributed by atoms with Gasteiger partial charge in [0, 0.05) is 13.7 Å². The molecule has 0 aliphatic rings. The molecule has 0 fully saturated rings. The third-order valence-corrected chi connectivity index (χ3v) is 2.67. The van der Waals surface area contributed by atoms with Gasteiger partial charge < -0.3 is 20.5 Å². The number of anilines is 2. The molecule has 1 aromatic carbocycles. The summed E-state index contributed by atoms with van der Waals surface area (Å²) >= 11 is 6.14. The molecule has 1 aromatic rings. The second kappa shape index (κ2) is 7.08. The van der Waals surface area contributed by atoms with Gasteiger partial charge in [0.15, 0.2) is 0 Å². The van der Waals surface area contributed by atoms with E-state index in [2.05, 4.69) is 5.32 Å². The number of nitrogen functional groups attached to an aromatic ring is 1. The van der Waals surface area contributed by atoms with E-state index in [0.717, 1.165) is 0 Å². The van der Waals surface area contributed by atoms with Crippen LogP contribution in [0.2, 0.25) is 5.02 Å². The van der Waals surface area contributed by atoms with Crippen LogP contribution in [-0.2, 0) is 9.47 Å². The molecule has 1 rings (SSSR count). The van der Waals surface area contributed by atoms with Crippen molar-refractivity contribution in [3.05, 3.63) is 22.7 Å². The van der Waals surface area contributed by atoms with Crippen molar-refractivity contribution < 1.29 is 14.3 Å². The van der Waals surface area contributed by atoms with Crippen LogP contribution in [0.25, 0.3) is 0 Å². The Hall–Kier alpha value is -1.46. The fraction of sp³-hybridized carbons (Fsp3) is 0.417. The highest BCUT2D eigenvalue weighted by Crippen LogP contribution is 2.32. The topological polar surface area (TPSA) is 73.6 Å². The Kier molecular flexibility index (Phi) is 5.74. The fourth-order valence-electron chi connectivity index (χ4n) is 1.42. The standard InChI is InChI=1S/C12H17ClN2O3/c1-3-18-12(16)8-4-5-9(14)11(10(8)13)15-6-7-17-2/h4-5,15H,3,6-7,14H2,1-2H3. The maximum absolute atomic E-state index is 11.7. The van der Waals surface area contributed by atoms with E-state index in [0.29, 0.717) is 36.7 Å². The SMILES string of the molecule is CCOC(=O)c1ccc(N)c(NCCOC)c1Cl. The molecular weight excluding hydrogens is 256 g/mol. The largest absolute Gasteiger partial charge is 0.462 e. The van der Waals surface area contributed by atoms with Crippen LogP contribution < -0.4 is 11.1 Å². The predicted molar refractivity (Wildman–Crippen MR) is 72.2 cm³/mol. The van der Waals surface area contributed by atoms with Gasteiger partial charge in [-0.1, -0.05) is 11.6 Å². The van der Waals surface area contributed by atoms with Gasteiger partial charge in [-0.3, -0.25) is 0 Å². The summed E-state index contributed by atoms with van der Waals surface area (Å²) in [4.78, 5) is 11.7. The lowest BCUT2D eigenvalue weighted by Crippen LogP contribution is -2.12. The Bertz CT molecular complexity index is 424. The van der Waals surface area contributed by atoms with E-state index in [1.807, 2.05) is 0 Å². The summed E-state index contributed by atoms with van der Waals surface area (Å²) in [6, 6.07) is 3.17. The minimum atomic E-state index is -0.461. The Balaban J connectivity index is 2.95. The van der Waals surface area contributed by atoms with Crippen molar-refractivity contribution in [1.82, 2.24) is 0 Å². The molecule has 0 aromatic heterocycles. The highest BCUT2D eigenvalue weighted by Gasteiger charge is 2.16. The van der Waals surface area contributed by atoms with Crippen LogP contribution >= 0.6 is 11.6 Å². The number of esters is 1. The van der Waals surface area contributed by atoms with Crippen LogP contribution in [0.4, 0.5) is 11.4 Å². The maximum Gasteiger partial charge on any atom is 0.339 e. The van der Waals surface area contributed by atoms with Crippen molar-refractivity contribution >= 4 is 28.9 Å². The number of benzene rings is 1. The normalized spacial score (nSPS) is 10.2. The lowest BCUT2D eigenvalue weighted by molar-refractivity contribution is 0.0526. The molecule has 3 N–H and O–H groups in total. The fourth-order valence-corrected chi connectivity index (χ4v) is 1.73. The molecule has 0 heterocycles. The molecule has 0 radical (unpaired) electrons. The number of carbonyl (C=O) groups is 1. The van der Waals surface area contributed by atoms with Crippen molar-refractivity contribution in [2.24, 2.45) is 0 Å². The van der Waals surface area contributed by atoms with E-state index in [-0.39, 0.29) is 5.02 Å². The van der Waals surface area contributed by atoms with Crippen LogP contribution in [0.1, 0.15) is 17.3 Å². The summed E-state index contributed by atoms with van der Waals surface area (Å²) in [7, 11) is 1.60. The third-order valence-electron chi connectivity index (χ3n) is 2.28. The molecule has 0 aliphatic heterocycles. The number of hydrogen-bond donors (Lipinski definition) is 2. The van der Waals surface area contributed by atoms with Gasteiger partial charge in [0.1, 0.15) is 0 Å². The van der Waals surface area contributed by atoms with Crippen LogP contribution in [0, 0.1) is 0 Å². The van der Waals surface area contributed by atoms with E-state index >= 15 is 0 Å². The van der Waals surface area contributed by atoms with Gasteiger partial charge in [0.2, 0.25) is 0 Å². The summed E-state index contributed by atoms with van der Waals surface area (Å²) < 4.78 is 9.83. The smallest absolute Gasteiger partial charge is 0.339 e. The molecule has 0 bridgehead atoms. The van der Waals surface area contributed by atoms with Gasteiger partial charge in [-0.05, 0) is 19.1 Å². The number of nitrogens with two attached hydrogens (primary N) is 1. The zero-order valence-corrected chi connectivity index (χ0v) is 11.2. The predicted octanol–water partition coefficient (Wildman–Crippen LogP) is 2.16. The highest BCUT2D eigenvalue weighted by molar-refractivity contribution is 6.36. The molecule has 0 spiro atoms. The number of carbonyl (C=O) groups excluding carboxylic acids is 1. The minimum Gasteiger partial charge on any atom is -0.462 e. The third kappa shape index (κ3) is 3.51. The number of ether oxygens (including phenoxy) is 2. The van der Waals surface area contributed by atoms with Crippen LogP contribution in [0.3, 0.4) is 0 Å². The van der Waals surface area contributed by atoms with Crippen molar-refractivity contribution in [3.8, 4) is 0 Å². The molecule has 0 amide bonds. The van der Waals surface area contributed by atoms with E-state index in [1.165, 1.54) is 0 Å². The number of rotatable bonds is 6. The highest BCUT2D eigenvalue weighted by atomic mass is 35.5. The van der Waals surface area contributed by atoms with Crippen molar-refractivity contribution in [1.29, 1.82) is 0 Å². The molecule has 0 aliphatic carbocycles. The molecule has 6 heteroatoms. The van der Waals surface area contributed by atoms with E-state index in [4.69, 9.17) is 26.8 Å². The van der Waals surface area contributed by atoms with Crippen molar-refractivity contribution in [2.75, 3.05) is 37.9 Å². The molecule has 0 saturated heterocycles. The zero-order chi connectivity index (χ0) is 13.5. The number of nitrogens with one attached hydrogen (secondary N) is 1. The monoisotopic (exact) mass is 272 g/mol. The van der Waals surface area contributed by atoms with Gasteiger partial charge in [-0.25, -0.2) is 4.79 Å². The molecule has 5 nitrogen and oxygen atoms in total. The average Bonchev–Trinajstić information content (AvgIpc) is 2.33. The number of methoxy groups -OCH3 is 1. The molecular formula is C12H17ClN2O3. The zero-order valence-electron chi connectivity index (χ0n) is 10.5. The minimum absolute atomic E-state index is 0.268. The first-order valence-corrected chi connectivity index (χ1v) is 5.97. The average molecular weight is 273 g/mol. The summed E-state index contributed by atoms with van der Waals surface area (Å²) in [5, 5.41) is 3.30. The van der Waals surface area contributed by atoms with Crippen LogP contribution in [0.5, 0.6) is 0 Å². The van der Waals surface area contributed by atoms with Crippen molar-refractivity contribution in [3.63, 3.8) is 0 Å². The van der Waals surface area contributed by atoms with E-state index in [1.54, 1.807) is 26.2 Å². The summed E-state index contributed by atoms with van der Waals surface area (Å²) in [6.07, 6.45) is 0. The Morgan fingerprint density at radius 1 is 1.50 bits per heavy atom. The van der Waals surface area contributed by atoms with Crippen LogP contribution in [-0.4, -0.2) is 32.8 Å². The lowest BCUT2D eigenvalue weighted by Gasteiger charge is -2.13. The molecule has 0 saturated carbocycles. The second-order valence-corrected chi connectivity index (χ2v) is 3.91. The first-order valence-electron chi connectivity index (χ1n) is 5.59. The van der Waals surface area contributed by atoms with Gasteiger partial charge in [0.25, 0.3) is 0 Å². The number of hydrogen-bond acceptors (Lipinski definition) is 5. The molecule has 0 atom stereocenters. The Morgan fingerprint density at radius 3 is 2.83 bits per heavy atom. The van der Waals surface area contributed by atoms with Gasteiger partial charge >= 0.3 is 5.97 Å². The van der Waals surface area contributed by atoms with Gasteiger partial charge in [-0.15, -0.1) is 0 Å². The maximum atomic E-state index is 11.7. The van der Waals surface area contributed by atoms with Gasteiger partial charge in [-0.2, -0.15) is 0 Å². The summed E-state index contributed by atoms with van der Waals surface area (Å²) in [6.45, 7) is 3.10. The summed E-state index contributed by atoms with van der Waals surface area (Å²) in [5.74, 6) is -0.461. The van der Waals surface area contributed by atoms with Crippen LogP contribution in [0.15, 0.2) is 12.1 Å². The molecule has 0 unspecified atom stereocenters. The first kappa shape index (κ1) is 14.6. The molecule has 18 heavy (non-hydrogen) atoms. The molecule has 100 valence electrons. The lowest BCUT2D eigenvalue weighted by atomic mass is 10.1. The number of halogens is 1. The Morgan fingerprint density at radius 2 is 2.22 bits per heavy atom. The second-order valence-electron chi connectivity index (χ2n) is 3.53. The van der Waals surface area contributed by atoms with Crippen molar-refractivity contribution in [2.45, 2.75) is 6.92 Å².